The predicted molar refractivity (Wildman–Crippen MR) is 145 cm³/mol. The maximum atomic E-state index is 13.1. The standard InChI is InChI=1S/C29H33F3N2O5S/c1-3-40(37,38)22-11-6-19(7-12-22)25(15-35)26-17(2)34-28(23-13-8-20(27(33)36)14-24(23)26)39-16-18-4-9-21(10-5-18)29(30,31)32/h6-8,11-14,18,21,25,35H,3-5,9-10,15-16H2,1-2H3,(H2,33,36)/t18?,21?,25-/m1/s1. The molecule has 2 aromatic carbocycles. The molecule has 0 radical (unpaired) electrons. The van der Waals surface area contributed by atoms with Gasteiger partial charge < -0.3 is 15.6 Å². The molecule has 0 unspecified atom stereocenters. The summed E-state index contributed by atoms with van der Waals surface area (Å²) in [7, 11) is -3.40. The smallest absolute Gasteiger partial charge is 0.391 e. The lowest BCUT2D eigenvalue weighted by Gasteiger charge is -2.29. The van der Waals surface area contributed by atoms with Gasteiger partial charge in [-0.05, 0) is 85.4 Å². The number of amides is 1. The number of carbonyl (C=O) groups is 1. The van der Waals surface area contributed by atoms with E-state index in [4.69, 9.17) is 10.5 Å². The van der Waals surface area contributed by atoms with Crippen molar-refractivity contribution in [3.8, 4) is 5.88 Å². The van der Waals surface area contributed by atoms with Crippen LogP contribution >= 0.6 is 0 Å². The summed E-state index contributed by atoms with van der Waals surface area (Å²) in [6, 6.07) is 11.1. The van der Waals surface area contributed by atoms with E-state index in [0.29, 0.717) is 40.4 Å². The third kappa shape index (κ3) is 6.25. The Morgan fingerprint density at radius 3 is 2.30 bits per heavy atom. The van der Waals surface area contributed by atoms with Crippen LogP contribution in [0.1, 0.15) is 65.7 Å². The maximum Gasteiger partial charge on any atom is 0.391 e. The van der Waals surface area contributed by atoms with Gasteiger partial charge in [0.2, 0.25) is 11.8 Å². The van der Waals surface area contributed by atoms with E-state index in [-0.39, 0.29) is 54.1 Å². The van der Waals surface area contributed by atoms with Gasteiger partial charge in [-0.25, -0.2) is 13.4 Å². The Balaban J connectivity index is 1.69. The summed E-state index contributed by atoms with van der Waals surface area (Å²) in [6.07, 6.45) is -3.23. The van der Waals surface area contributed by atoms with Crippen molar-refractivity contribution in [1.82, 2.24) is 4.98 Å². The summed E-state index contributed by atoms with van der Waals surface area (Å²) < 4.78 is 69.7. The van der Waals surface area contributed by atoms with Crippen LogP contribution < -0.4 is 10.5 Å². The van der Waals surface area contributed by atoms with E-state index in [2.05, 4.69) is 4.98 Å². The second kappa shape index (κ2) is 11.7. The molecular weight excluding hydrogens is 545 g/mol. The first-order valence-electron chi connectivity index (χ1n) is 13.2. The molecule has 1 fully saturated rings. The topological polar surface area (TPSA) is 120 Å². The maximum absolute atomic E-state index is 13.1. The molecule has 0 bridgehead atoms. The van der Waals surface area contributed by atoms with Crippen molar-refractivity contribution in [1.29, 1.82) is 0 Å². The van der Waals surface area contributed by atoms with Crippen LogP contribution in [0, 0.1) is 18.8 Å². The van der Waals surface area contributed by atoms with Crippen LogP contribution in [0.25, 0.3) is 10.8 Å². The number of rotatable bonds is 9. The van der Waals surface area contributed by atoms with Crippen LogP contribution in [-0.2, 0) is 9.84 Å². The van der Waals surface area contributed by atoms with Gasteiger partial charge in [-0.3, -0.25) is 4.79 Å². The molecule has 1 heterocycles. The normalized spacial score (nSPS) is 18.9. The molecule has 1 aromatic heterocycles. The van der Waals surface area contributed by atoms with Crippen molar-refractivity contribution in [3.05, 3.63) is 64.8 Å². The largest absolute Gasteiger partial charge is 0.477 e. The summed E-state index contributed by atoms with van der Waals surface area (Å²) in [4.78, 5) is 16.8. The number of nitrogens with zero attached hydrogens (tertiary/aromatic N) is 1. The van der Waals surface area contributed by atoms with Crippen molar-refractivity contribution in [2.45, 2.75) is 56.5 Å². The number of ether oxygens (including phenoxy) is 1. The highest BCUT2D eigenvalue weighted by molar-refractivity contribution is 7.91. The molecular formula is C29H33F3N2O5S. The van der Waals surface area contributed by atoms with Crippen molar-refractivity contribution < 1.29 is 36.2 Å². The van der Waals surface area contributed by atoms with Crippen molar-refractivity contribution in [2.24, 2.45) is 17.6 Å². The third-order valence-corrected chi connectivity index (χ3v) is 9.55. The van der Waals surface area contributed by atoms with Gasteiger partial charge in [-0.15, -0.1) is 0 Å². The van der Waals surface area contributed by atoms with E-state index in [9.17, 15) is 31.5 Å². The first kappa shape index (κ1) is 29.8. The molecule has 1 aliphatic rings. The van der Waals surface area contributed by atoms with Gasteiger partial charge in [0, 0.05) is 22.6 Å². The molecule has 11 heteroatoms. The molecule has 0 spiro atoms. The number of benzene rings is 2. The number of aryl methyl sites for hydroxylation is 1. The number of sulfone groups is 1. The minimum Gasteiger partial charge on any atom is -0.477 e. The van der Waals surface area contributed by atoms with Gasteiger partial charge in [-0.2, -0.15) is 13.2 Å². The van der Waals surface area contributed by atoms with E-state index >= 15 is 0 Å². The Morgan fingerprint density at radius 1 is 1.10 bits per heavy atom. The fourth-order valence-electron chi connectivity index (χ4n) is 5.42. The van der Waals surface area contributed by atoms with Crippen LogP contribution in [0.2, 0.25) is 0 Å². The number of fused-ring (bicyclic) bond motifs is 1. The molecule has 0 saturated heterocycles. The molecule has 40 heavy (non-hydrogen) atoms. The Bertz CT molecular complexity index is 1480. The number of hydrogen-bond donors (Lipinski definition) is 2. The number of aromatic nitrogens is 1. The Labute approximate surface area is 231 Å². The lowest BCUT2D eigenvalue weighted by atomic mass is 9.82. The monoisotopic (exact) mass is 578 g/mol. The van der Waals surface area contributed by atoms with Crippen LogP contribution in [0.15, 0.2) is 47.4 Å². The summed E-state index contributed by atoms with van der Waals surface area (Å²) >= 11 is 0. The number of alkyl halides is 3. The Kier molecular flexibility index (Phi) is 8.75. The number of hydrogen-bond acceptors (Lipinski definition) is 6. The number of halogens is 3. The second-order valence-corrected chi connectivity index (χ2v) is 12.6. The van der Waals surface area contributed by atoms with Crippen molar-refractivity contribution in [3.63, 3.8) is 0 Å². The van der Waals surface area contributed by atoms with Gasteiger partial charge in [0.15, 0.2) is 9.84 Å². The molecule has 1 atom stereocenters. The van der Waals surface area contributed by atoms with Crippen LogP contribution in [0.5, 0.6) is 5.88 Å². The summed E-state index contributed by atoms with van der Waals surface area (Å²) in [5.74, 6) is -2.30. The fourth-order valence-corrected chi connectivity index (χ4v) is 6.30. The zero-order valence-corrected chi connectivity index (χ0v) is 23.2. The predicted octanol–water partition coefficient (Wildman–Crippen LogP) is 5.31. The minimum absolute atomic E-state index is 0.0371. The highest BCUT2D eigenvalue weighted by atomic mass is 32.2. The van der Waals surface area contributed by atoms with Gasteiger partial charge in [0.25, 0.3) is 0 Å². The fraction of sp³-hybridized carbons (Fsp3) is 0.448. The number of aliphatic hydroxyl groups is 1. The quantitative estimate of drug-likeness (QED) is 0.355. The number of primary amides is 1. The SMILES string of the molecule is CCS(=O)(=O)c1ccc([C@@H](CO)c2c(C)nc(OCC3CCC(C(F)(F)F)CC3)c3ccc(C(N)=O)cc23)cc1. The van der Waals surface area contributed by atoms with Gasteiger partial charge in [0.05, 0.1) is 29.8 Å². The molecule has 1 amide bonds. The number of carbonyl (C=O) groups excluding carboxylic acids is 1. The van der Waals surface area contributed by atoms with E-state index in [1.165, 1.54) is 12.1 Å². The van der Waals surface area contributed by atoms with E-state index in [1.807, 2.05) is 0 Å². The number of nitrogens with two attached hydrogens (primary N) is 1. The minimum atomic E-state index is -4.18. The van der Waals surface area contributed by atoms with Crippen molar-refractivity contribution in [2.75, 3.05) is 19.0 Å². The third-order valence-electron chi connectivity index (χ3n) is 7.80. The van der Waals surface area contributed by atoms with Crippen molar-refractivity contribution >= 4 is 26.5 Å². The highest BCUT2D eigenvalue weighted by Gasteiger charge is 2.41. The average Bonchev–Trinajstić information content (AvgIpc) is 2.93. The number of aliphatic hydroxyl groups excluding tert-OH is 1. The molecule has 3 N–H and O–H groups in total. The summed E-state index contributed by atoms with van der Waals surface area (Å²) in [5.41, 5.74) is 7.60. The highest BCUT2D eigenvalue weighted by Crippen LogP contribution is 2.41. The summed E-state index contributed by atoms with van der Waals surface area (Å²) in [6.45, 7) is 3.20. The van der Waals surface area contributed by atoms with Gasteiger partial charge in [0.1, 0.15) is 0 Å². The second-order valence-electron chi connectivity index (χ2n) is 10.3. The lowest BCUT2D eigenvalue weighted by molar-refractivity contribution is -0.184. The van der Waals surface area contributed by atoms with Gasteiger partial charge in [-0.1, -0.05) is 19.1 Å². The first-order valence-corrected chi connectivity index (χ1v) is 14.9. The number of pyridine rings is 1. The molecule has 3 aromatic rings. The average molecular weight is 579 g/mol. The van der Waals surface area contributed by atoms with Crippen LogP contribution in [-0.4, -0.2) is 49.6 Å². The molecule has 1 saturated carbocycles. The molecule has 1 aliphatic carbocycles. The van der Waals surface area contributed by atoms with Crippen LogP contribution in [0.3, 0.4) is 0 Å². The van der Waals surface area contributed by atoms with Crippen LogP contribution in [0.4, 0.5) is 13.2 Å². The van der Waals surface area contributed by atoms with Gasteiger partial charge >= 0.3 is 6.18 Å². The molecule has 7 nitrogen and oxygen atoms in total. The molecule has 0 aliphatic heterocycles. The van der Waals surface area contributed by atoms with E-state index in [0.717, 1.165) is 0 Å². The molecule has 216 valence electrons. The summed E-state index contributed by atoms with van der Waals surface area (Å²) in [5, 5.41) is 11.6. The first-order chi connectivity index (χ1) is 18.9. The van der Waals surface area contributed by atoms with E-state index < -0.39 is 33.8 Å². The Morgan fingerprint density at radius 2 is 1.75 bits per heavy atom. The molecule has 4 rings (SSSR count). The Hall–Kier alpha value is -3.18. The van der Waals surface area contributed by atoms with E-state index in [1.54, 1.807) is 44.2 Å². The zero-order chi connectivity index (χ0) is 29.2. The zero-order valence-electron chi connectivity index (χ0n) is 22.4. The lowest BCUT2D eigenvalue weighted by Crippen LogP contribution is -2.29.